The first-order chi connectivity index (χ1) is 17.7. The second kappa shape index (κ2) is 10.7. The van der Waals surface area contributed by atoms with Gasteiger partial charge in [0.05, 0.1) is 17.1 Å². The number of Topliss-reactive ketones (excluding diaryl/α,β-unsaturated/α-hetero) is 1. The van der Waals surface area contributed by atoms with Gasteiger partial charge in [0.25, 0.3) is 0 Å². The van der Waals surface area contributed by atoms with Crippen molar-refractivity contribution in [2.45, 2.75) is 25.7 Å². The summed E-state index contributed by atoms with van der Waals surface area (Å²) in [5.41, 5.74) is 1.63. The van der Waals surface area contributed by atoms with Crippen molar-refractivity contribution in [1.82, 2.24) is 4.31 Å². The fourth-order valence-electron chi connectivity index (χ4n) is 4.04. The third-order valence-corrected chi connectivity index (χ3v) is 8.25. The molecule has 0 unspecified atom stereocenters. The van der Waals surface area contributed by atoms with E-state index in [2.05, 4.69) is 5.32 Å². The summed E-state index contributed by atoms with van der Waals surface area (Å²) in [4.78, 5) is 26.2. The molecule has 37 heavy (non-hydrogen) atoms. The van der Waals surface area contributed by atoms with Gasteiger partial charge in [-0.15, -0.1) is 0 Å². The lowest BCUT2D eigenvalue weighted by molar-refractivity contribution is 0.0997. The highest BCUT2D eigenvalue weighted by Gasteiger charge is 2.24. The highest BCUT2D eigenvalue weighted by Crippen LogP contribution is 2.32. The Balaban J connectivity index is 1.59. The number of hydrogen-bond acceptors (Lipinski definition) is 6. The van der Waals surface area contributed by atoms with Crippen molar-refractivity contribution in [2.75, 3.05) is 25.0 Å². The zero-order chi connectivity index (χ0) is 26.7. The number of para-hydroxylation sites is 1. The van der Waals surface area contributed by atoms with Crippen LogP contribution in [0.1, 0.15) is 45.9 Å². The van der Waals surface area contributed by atoms with Crippen LogP contribution in [0.3, 0.4) is 0 Å². The van der Waals surface area contributed by atoms with Crippen LogP contribution in [0.15, 0.2) is 76.0 Å². The number of aryl methyl sites for hydroxylation is 1. The van der Waals surface area contributed by atoms with Gasteiger partial charge in [0, 0.05) is 29.6 Å². The van der Waals surface area contributed by atoms with E-state index in [0.717, 1.165) is 6.07 Å². The molecule has 4 rings (SSSR count). The van der Waals surface area contributed by atoms with Crippen LogP contribution < -0.4 is 5.32 Å². The Bertz CT molecular complexity index is 1570. The van der Waals surface area contributed by atoms with Crippen molar-refractivity contribution in [3.05, 3.63) is 95.0 Å². The fraction of sp³-hybridized carbons (Fsp3) is 0.214. The zero-order valence-corrected chi connectivity index (χ0v) is 21.6. The summed E-state index contributed by atoms with van der Waals surface area (Å²) in [6.07, 6.45) is 0. The number of hydrogen-bond donors (Lipinski definition) is 1. The molecule has 0 saturated carbocycles. The molecule has 4 aromatic rings. The molecule has 1 N–H and O–H groups in total. The van der Waals surface area contributed by atoms with Gasteiger partial charge in [0.2, 0.25) is 15.8 Å². The van der Waals surface area contributed by atoms with Gasteiger partial charge in [-0.05, 0) is 55.0 Å². The number of rotatable bonds is 10. The minimum atomic E-state index is -3.63. The topological polar surface area (TPSA) is 96.7 Å². The van der Waals surface area contributed by atoms with Crippen LogP contribution in [0.2, 0.25) is 0 Å². The van der Waals surface area contributed by atoms with Gasteiger partial charge in [-0.3, -0.25) is 9.59 Å². The van der Waals surface area contributed by atoms with Crippen LogP contribution in [0.4, 0.5) is 10.1 Å². The molecule has 0 aliphatic heterocycles. The Labute approximate surface area is 215 Å². The second-order valence-electron chi connectivity index (χ2n) is 8.49. The third kappa shape index (κ3) is 5.19. The smallest absolute Gasteiger partial charge is 0.243 e. The third-order valence-electron chi connectivity index (χ3n) is 6.18. The molecule has 3 aromatic carbocycles. The Kier molecular flexibility index (Phi) is 7.56. The Morgan fingerprint density at radius 3 is 2.24 bits per heavy atom. The molecule has 0 aliphatic rings. The van der Waals surface area contributed by atoms with Crippen LogP contribution in [-0.2, 0) is 10.0 Å². The Hall–Kier alpha value is -3.82. The summed E-state index contributed by atoms with van der Waals surface area (Å²) < 4.78 is 46.7. The molecule has 0 radical (unpaired) electrons. The number of ketones is 2. The zero-order valence-electron chi connectivity index (χ0n) is 20.7. The van der Waals surface area contributed by atoms with Gasteiger partial charge in [0.15, 0.2) is 11.5 Å². The molecule has 192 valence electrons. The molecule has 7 nitrogen and oxygen atoms in total. The fourth-order valence-corrected chi connectivity index (χ4v) is 5.50. The monoisotopic (exact) mass is 522 g/mol. The van der Waals surface area contributed by atoms with Gasteiger partial charge >= 0.3 is 0 Å². The molecule has 1 aromatic heterocycles. The van der Waals surface area contributed by atoms with E-state index in [0.29, 0.717) is 40.9 Å². The maximum Gasteiger partial charge on any atom is 0.243 e. The van der Waals surface area contributed by atoms with Gasteiger partial charge in [-0.1, -0.05) is 38.1 Å². The summed E-state index contributed by atoms with van der Waals surface area (Å²) in [7, 11) is -3.63. The number of nitrogens with zero attached hydrogens (tertiary/aromatic N) is 1. The highest BCUT2D eigenvalue weighted by atomic mass is 32.2. The first-order valence-corrected chi connectivity index (χ1v) is 13.3. The first-order valence-electron chi connectivity index (χ1n) is 11.9. The number of fused-ring (bicyclic) bond motifs is 1. The number of carbonyl (C=O) groups excluding carboxylic acids is 2. The number of halogens is 1. The summed E-state index contributed by atoms with van der Waals surface area (Å²) in [6, 6.07) is 17.0. The second-order valence-corrected chi connectivity index (χ2v) is 10.4. The lowest BCUT2D eigenvalue weighted by Crippen LogP contribution is -2.30. The van der Waals surface area contributed by atoms with Crippen molar-refractivity contribution in [1.29, 1.82) is 0 Å². The summed E-state index contributed by atoms with van der Waals surface area (Å²) in [6.45, 7) is 5.65. The molecule has 9 heteroatoms. The number of benzene rings is 3. The maximum absolute atomic E-state index is 14.1. The van der Waals surface area contributed by atoms with E-state index in [1.807, 2.05) is 0 Å². The van der Waals surface area contributed by atoms with Crippen LogP contribution in [-0.4, -0.2) is 43.9 Å². The Morgan fingerprint density at radius 1 is 0.946 bits per heavy atom. The molecule has 0 saturated heterocycles. The van der Waals surface area contributed by atoms with Crippen molar-refractivity contribution in [2.24, 2.45) is 0 Å². The van der Waals surface area contributed by atoms with Crippen molar-refractivity contribution in [3.8, 4) is 0 Å². The SMILES string of the molecule is CCN(CC)S(=O)(=O)c1ccc(C(=O)CNc2c(C(=O)c3ccc(C)c(F)c3)oc3ccccc23)cc1. The van der Waals surface area contributed by atoms with E-state index in [-0.39, 0.29) is 28.5 Å². The summed E-state index contributed by atoms with van der Waals surface area (Å²) >= 11 is 0. The lowest BCUT2D eigenvalue weighted by Gasteiger charge is -2.18. The predicted molar refractivity (Wildman–Crippen MR) is 140 cm³/mol. The predicted octanol–water partition coefficient (Wildman–Crippen LogP) is 5.44. The molecule has 0 atom stereocenters. The van der Waals surface area contributed by atoms with E-state index < -0.39 is 21.6 Å². The number of carbonyl (C=O) groups is 2. The number of nitrogens with one attached hydrogen (secondary N) is 1. The molecular formula is C28H27FN2O5S. The lowest BCUT2D eigenvalue weighted by atomic mass is 10.0. The largest absolute Gasteiger partial charge is 0.450 e. The number of sulfonamides is 1. The van der Waals surface area contributed by atoms with Crippen LogP contribution in [0.25, 0.3) is 11.0 Å². The van der Waals surface area contributed by atoms with E-state index in [9.17, 15) is 22.4 Å². The van der Waals surface area contributed by atoms with Crippen LogP contribution in [0, 0.1) is 12.7 Å². The quantitative estimate of drug-likeness (QED) is 0.279. The number of anilines is 1. The molecule has 0 spiro atoms. The van der Waals surface area contributed by atoms with E-state index in [1.54, 1.807) is 45.0 Å². The maximum atomic E-state index is 14.1. The van der Waals surface area contributed by atoms with E-state index >= 15 is 0 Å². The number of furan rings is 1. The average molecular weight is 523 g/mol. The minimum absolute atomic E-state index is 0.0297. The minimum Gasteiger partial charge on any atom is -0.450 e. The van der Waals surface area contributed by atoms with Gasteiger partial charge in [-0.2, -0.15) is 4.31 Å². The summed E-state index contributed by atoms with van der Waals surface area (Å²) in [5.74, 6) is -1.36. The van der Waals surface area contributed by atoms with Crippen molar-refractivity contribution < 1.29 is 26.8 Å². The van der Waals surface area contributed by atoms with E-state index in [4.69, 9.17) is 4.42 Å². The molecule has 0 bridgehead atoms. The molecule has 0 aliphatic carbocycles. The first kappa shape index (κ1) is 26.2. The van der Waals surface area contributed by atoms with E-state index in [1.165, 1.54) is 40.7 Å². The van der Waals surface area contributed by atoms with Gasteiger partial charge in [0.1, 0.15) is 11.4 Å². The van der Waals surface area contributed by atoms with Crippen molar-refractivity contribution >= 4 is 38.2 Å². The van der Waals surface area contributed by atoms with Crippen molar-refractivity contribution in [3.63, 3.8) is 0 Å². The van der Waals surface area contributed by atoms with Crippen LogP contribution in [0.5, 0.6) is 0 Å². The normalized spacial score (nSPS) is 11.7. The standard InChI is InChI=1S/C28H27FN2O5S/c1-4-31(5-2)37(34,35)21-14-12-19(13-15-21)24(32)17-30-26-22-8-6-7-9-25(22)36-28(26)27(33)20-11-10-18(3)23(29)16-20/h6-16,30H,4-5,17H2,1-3H3. The molecule has 0 fully saturated rings. The average Bonchev–Trinajstić information content (AvgIpc) is 3.27. The Morgan fingerprint density at radius 2 is 1.59 bits per heavy atom. The molecule has 0 amide bonds. The highest BCUT2D eigenvalue weighted by molar-refractivity contribution is 7.89. The van der Waals surface area contributed by atoms with Gasteiger partial charge in [-0.25, -0.2) is 12.8 Å². The summed E-state index contributed by atoms with van der Waals surface area (Å²) in [5, 5.41) is 3.61. The molecule has 1 heterocycles. The van der Waals surface area contributed by atoms with Crippen LogP contribution >= 0.6 is 0 Å². The van der Waals surface area contributed by atoms with Gasteiger partial charge < -0.3 is 9.73 Å². The molecular weight excluding hydrogens is 495 g/mol.